The molecule has 0 spiro atoms. The zero-order valence-corrected chi connectivity index (χ0v) is 13.8. The minimum atomic E-state index is 0.167. The van der Waals surface area contributed by atoms with E-state index in [1.54, 1.807) is 0 Å². The van der Waals surface area contributed by atoms with Crippen molar-refractivity contribution in [3.63, 3.8) is 0 Å². The van der Waals surface area contributed by atoms with E-state index < -0.39 is 0 Å². The summed E-state index contributed by atoms with van der Waals surface area (Å²) in [4.78, 5) is 6.78. The van der Waals surface area contributed by atoms with Gasteiger partial charge in [0.25, 0.3) is 0 Å². The van der Waals surface area contributed by atoms with Gasteiger partial charge < -0.3 is 10.2 Å². The largest absolute Gasteiger partial charge is 0.353 e. The number of pyridine rings is 1. The van der Waals surface area contributed by atoms with Crippen molar-refractivity contribution < 1.29 is 0 Å². The number of hydrogen-bond donors (Lipinski definition) is 1. The van der Waals surface area contributed by atoms with Gasteiger partial charge in [0.05, 0.1) is 6.04 Å². The average Bonchev–Trinajstić information content (AvgIpc) is 2.47. The summed E-state index contributed by atoms with van der Waals surface area (Å²) in [5.74, 6) is 0.988. The highest BCUT2D eigenvalue weighted by Gasteiger charge is 2.17. The van der Waals surface area contributed by atoms with Gasteiger partial charge >= 0.3 is 0 Å². The highest BCUT2D eigenvalue weighted by atomic mass is 35.5. The van der Waals surface area contributed by atoms with Crippen LogP contribution in [0.5, 0.6) is 0 Å². The first-order chi connectivity index (χ1) is 10.0. The second-order valence-electron chi connectivity index (χ2n) is 5.32. The van der Waals surface area contributed by atoms with Crippen LogP contribution in [0.3, 0.4) is 0 Å². The molecule has 1 aromatic heterocycles. The van der Waals surface area contributed by atoms with Crippen molar-refractivity contribution in [1.82, 2.24) is 10.3 Å². The van der Waals surface area contributed by atoms with E-state index in [1.165, 1.54) is 11.1 Å². The number of nitrogens with zero attached hydrogens (tertiary/aromatic N) is 2. The maximum atomic E-state index is 6.30. The number of nitrogens with one attached hydrogen (secondary N) is 1. The molecule has 0 aliphatic heterocycles. The second-order valence-corrected chi connectivity index (χ2v) is 5.73. The molecule has 1 aromatic carbocycles. The van der Waals surface area contributed by atoms with Crippen LogP contribution in [0.15, 0.2) is 36.5 Å². The molecule has 112 valence electrons. The summed E-state index contributed by atoms with van der Waals surface area (Å²) in [6.45, 7) is 5.07. The van der Waals surface area contributed by atoms with Gasteiger partial charge in [-0.2, -0.15) is 0 Å². The molecule has 1 heterocycles. The molecular formula is C17H22ClN3. The molecule has 1 atom stereocenters. The van der Waals surface area contributed by atoms with Crippen molar-refractivity contribution in [2.24, 2.45) is 0 Å². The quantitative estimate of drug-likeness (QED) is 0.906. The molecule has 21 heavy (non-hydrogen) atoms. The Morgan fingerprint density at radius 2 is 2.05 bits per heavy atom. The Labute approximate surface area is 132 Å². The predicted molar refractivity (Wildman–Crippen MR) is 90.0 cm³/mol. The predicted octanol–water partition coefficient (Wildman–Crippen LogP) is 3.96. The van der Waals surface area contributed by atoms with Gasteiger partial charge in [-0.3, -0.25) is 0 Å². The molecule has 0 bridgehead atoms. The molecular weight excluding hydrogens is 282 g/mol. The maximum absolute atomic E-state index is 6.30. The van der Waals surface area contributed by atoms with E-state index in [0.29, 0.717) is 0 Å². The number of anilines is 1. The Bertz CT molecular complexity index is 613. The fourth-order valence-corrected chi connectivity index (χ4v) is 2.80. The van der Waals surface area contributed by atoms with E-state index in [4.69, 9.17) is 11.6 Å². The van der Waals surface area contributed by atoms with E-state index in [9.17, 15) is 0 Å². The second kappa shape index (κ2) is 6.92. The topological polar surface area (TPSA) is 28.2 Å². The summed E-state index contributed by atoms with van der Waals surface area (Å²) in [5.41, 5.74) is 3.48. The van der Waals surface area contributed by atoms with Crippen molar-refractivity contribution in [2.45, 2.75) is 26.4 Å². The zero-order valence-electron chi connectivity index (χ0n) is 13.0. The van der Waals surface area contributed by atoms with Gasteiger partial charge in [-0.25, -0.2) is 4.98 Å². The van der Waals surface area contributed by atoms with Crippen molar-refractivity contribution in [1.29, 1.82) is 0 Å². The maximum Gasteiger partial charge on any atom is 0.131 e. The van der Waals surface area contributed by atoms with Crippen molar-refractivity contribution in [2.75, 3.05) is 19.0 Å². The number of benzene rings is 1. The molecule has 3 nitrogen and oxygen atoms in total. The molecule has 0 amide bonds. The van der Waals surface area contributed by atoms with E-state index in [0.717, 1.165) is 22.9 Å². The number of hydrogen-bond acceptors (Lipinski definition) is 3. The Morgan fingerprint density at radius 3 is 2.67 bits per heavy atom. The van der Waals surface area contributed by atoms with Crippen LogP contribution in [0.2, 0.25) is 5.02 Å². The first kappa shape index (κ1) is 15.8. The summed E-state index contributed by atoms with van der Waals surface area (Å²) in [6.07, 6.45) is 1.93. The van der Waals surface area contributed by atoms with Gasteiger partial charge in [-0.05, 0) is 49.7 Å². The average molecular weight is 304 g/mol. The molecule has 0 radical (unpaired) electrons. The van der Waals surface area contributed by atoms with E-state index in [-0.39, 0.29) is 6.04 Å². The molecule has 4 heteroatoms. The summed E-state index contributed by atoms with van der Waals surface area (Å²) >= 11 is 6.30. The molecule has 2 rings (SSSR count). The molecule has 1 unspecified atom stereocenters. The highest BCUT2D eigenvalue weighted by Crippen LogP contribution is 2.30. The smallest absolute Gasteiger partial charge is 0.131 e. The first-order valence-electron chi connectivity index (χ1n) is 7.12. The summed E-state index contributed by atoms with van der Waals surface area (Å²) < 4.78 is 0. The van der Waals surface area contributed by atoms with Crippen LogP contribution in [0.4, 0.5) is 5.82 Å². The molecule has 2 aromatic rings. The van der Waals surface area contributed by atoms with Crippen molar-refractivity contribution in [3.8, 4) is 0 Å². The van der Waals surface area contributed by atoms with Gasteiger partial charge in [-0.1, -0.05) is 29.8 Å². The lowest BCUT2D eigenvalue weighted by molar-refractivity contribution is 0.723. The Morgan fingerprint density at radius 1 is 1.33 bits per heavy atom. The number of rotatable bonds is 5. The van der Waals surface area contributed by atoms with Crippen LogP contribution in [0.1, 0.15) is 29.7 Å². The fraction of sp³-hybridized carbons (Fsp3) is 0.353. The van der Waals surface area contributed by atoms with Crippen LogP contribution in [0.25, 0.3) is 0 Å². The third kappa shape index (κ3) is 3.55. The lowest BCUT2D eigenvalue weighted by Gasteiger charge is -2.28. The third-order valence-corrected chi connectivity index (χ3v) is 4.10. The van der Waals surface area contributed by atoms with E-state index >= 15 is 0 Å². The van der Waals surface area contributed by atoms with Gasteiger partial charge in [0.1, 0.15) is 5.82 Å². The normalized spacial score (nSPS) is 12.2. The lowest BCUT2D eigenvalue weighted by Crippen LogP contribution is -2.24. The summed E-state index contributed by atoms with van der Waals surface area (Å²) in [6, 6.07) is 10.3. The van der Waals surface area contributed by atoms with Gasteiger partial charge in [0, 0.05) is 24.8 Å². The summed E-state index contributed by atoms with van der Waals surface area (Å²) in [5, 5.41) is 3.94. The lowest BCUT2D eigenvalue weighted by atomic mass is 10.1. The number of aryl methyl sites for hydroxylation is 1. The van der Waals surface area contributed by atoms with E-state index in [1.807, 2.05) is 31.4 Å². The molecule has 0 aliphatic carbocycles. The highest BCUT2D eigenvalue weighted by molar-refractivity contribution is 6.31. The minimum absolute atomic E-state index is 0.167. The molecule has 1 N–H and O–H groups in total. The van der Waals surface area contributed by atoms with Crippen LogP contribution < -0.4 is 10.2 Å². The van der Waals surface area contributed by atoms with Crippen LogP contribution >= 0.6 is 11.6 Å². The SMILES string of the molecule is CNCc1cnc(N(C)C(C)c2ccccc2Cl)c(C)c1. The number of aromatic nitrogens is 1. The molecule has 0 aliphatic rings. The molecule has 0 saturated heterocycles. The van der Waals surface area contributed by atoms with Crippen LogP contribution in [-0.2, 0) is 6.54 Å². The summed E-state index contributed by atoms with van der Waals surface area (Å²) in [7, 11) is 4.00. The Balaban J connectivity index is 2.27. The fourth-order valence-electron chi connectivity index (χ4n) is 2.50. The van der Waals surface area contributed by atoms with Gasteiger partial charge in [0.15, 0.2) is 0 Å². The van der Waals surface area contributed by atoms with Crippen molar-refractivity contribution >= 4 is 17.4 Å². The van der Waals surface area contributed by atoms with Gasteiger partial charge in [-0.15, -0.1) is 0 Å². The third-order valence-electron chi connectivity index (χ3n) is 3.76. The number of halogens is 1. The first-order valence-corrected chi connectivity index (χ1v) is 7.49. The molecule has 0 saturated carbocycles. The van der Waals surface area contributed by atoms with Crippen LogP contribution in [-0.4, -0.2) is 19.1 Å². The monoisotopic (exact) mass is 303 g/mol. The minimum Gasteiger partial charge on any atom is -0.353 e. The Kier molecular flexibility index (Phi) is 5.21. The zero-order chi connectivity index (χ0) is 15.4. The van der Waals surface area contributed by atoms with Crippen LogP contribution in [0, 0.1) is 6.92 Å². The standard InChI is InChI=1S/C17H22ClN3/c1-12-9-14(10-19-3)11-20-17(12)21(4)13(2)15-7-5-6-8-16(15)18/h5-9,11,13,19H,10H2,1-4H3. The van der Waals surface area contributed by atoms with E-state index in [2.05, 4.69) is 48.2 Å². The molecule has 0 fully saturated rings. The van der Waals surface area contributed by atoms with Gasteiger partial charge in [0.2, 0.25) is 0 Å². The van der Waals surface area contributed by atoms with Crippen molar-refractivity contribution in [3.05, 3.63) is 58.2 Å². The Hall–Kier alpha value is -1.58.